The highest BCUT2D eigenvalue weighted by Crippen LogP contribution is 2.29. The van der Waals surface area contributed by atoms with Gasteiger partial charge in [0.2, 0.25) is 10.0 Å². The fourth-order valence-electron chi connectivity index (χ4n) is 4.12. The predicted octanol–water partition coefficient (Wildman–Crippen LogP) is 3.24. The van der Waals surface area contributed by atoms with Crippen molar-refractivity contribution >= 4 is 21.7 Å². The van der Waals surface area contributed by atoms with E-state index in [1.54, 1.807) is 4.90 Å². The lowest BCUT2D eigenvalue weighted by molar-refractivity contribution is -0.137. The van der Waals surface area contributed by atoms with Gasteiger partial charge in [-0.3, -0.25) is 4.79 Å². The summed E-state index contributed by atoms with van der Waals surface area (Å²) in [4.78, 5) is 20.6. The van der Waals surface area contributed by atoms with E-state index < -0.39 is 21.8 Å². The molecule has 2 fully saturated rings. The Morgan fingerprint density at radius 1 is 0.848 bits per heavy atom. The van der Waals surface area contributed by atoms with Gasteiger partial charge in [0.05, 0.1) is 10.5 Å². The quantitative estimate of drug-likeness (QED) is 0.669. The van der Waals surface area contributed by atoms with Crippen LogP contribution in [0.3, 0.4) is 0 Å². The summed E-state index contributed by atoms with van der Waals surface area (Å²) in [6.45, 7) is 2.90. The molecule has 7 nitrogen and oxygen atoms in total. The molecule has 1 aromatic heterocycles. The van der Waals surface area contributed by atoms with Crippen molar-refractivity contribution < 1.29 is 26.4 Å². The Kier molecular flexibility index (Phi) is 6.62. The molecule has 0 unspecified atom stereocenters. The minimum atomic E-state index is -4.43. The normalized spacial score (nSPS) is 18.4. The standard InChI is InChI=1S/C22H25F3N4O3S/c23-22(24,25)18-6-9-20(26-16-18)27-10-3-11-28(15-14-27)21(30)17-4-7-19(8-5-17)33(31,32)29-12-1-2-13-29/h4-9,16H,1-3,10-15H2. The number of aromatic nitrogens is 1. The zero-order valence-electron chi connectivity index (χ0n) is 18.0. The van der Waals surface area contributed by atoms with Gasteiger partial charge in [0.15, 0.2) is 0 Å². The maximum Gasteiger partial charge on any atom is 0.417 e. The van der Waals surface area contributed by atoms with Gasteiger partial charge >= 0.3 is 6.18 Å². The first kappa shape index (κ1) is 23.5. The van der Waals surface area contributed by atoms with Crippen LogP contribution in [0.4, 0.5) is 19.0 Å². The van der Waals surface area contributed by atoms with Crippen LogP contribution in [0.15, 0.2) is 47.5 Å². The maximum atomic E-state index is 13.0. The number of sulfonamides is 1. The first-order valence-electron chi connectivity index (χ1n) is 10.8. The van der Waals surface area contributed by atoms with E-state index in [1.165, 1.54) is 34.6 Å². The Morgan fingerprint density at radius 2 is 1.55 bits per heavy atom. The number of hydrogen-bond acceptors (Lipinski definition) is 5. The van der Waals surface area contributed by atoms with Crippen molar-refractivity contribution in [2.75, 3.05) is 44.2 Å². The van der Waals surface area contributed by atoms with Crippen LogP contribution >= 0.6 is 0 Å². The molecule has 0 radical (unpaired) electrons. The third-order valence-electron chi connectivity index (χ3n) is 5.99. The van der Waals surface area contributed by atoms with E-state index in [-0.39, 0.29) is 10.8 Å². The van der Waals surface area contributed by atoms with E-state index in [0.717, 1.165) is 25.1 Å². The van der Waals surface area contributed by atoms with Crippen molar-refractivity contribution in [3.05, 3.63) is 53.7 Å². The predicted molar refractivity (Wildman–Crippen MR) is 116 cm³/mol. The summed E-state index contributed by atoms with van der Waals surface area (Å²) in [7, 11) is -3.54. The summed E-state index contributed by atoms with van der Waals surface area (Å²) in [6, 6.07) is 8.36. The summed E-state index contributed by atoms with van der Waals surface area (Å²) in [5.41, 5.74) is -0.399. The fraction of sp³-hybridized carbons (Fsp3) is 0.455. The lowest BCUT2D eigenvalue weighted by atomic mass is 10.2. The summed E-state index contributed by atoms with van der Waals surface area (Å²) in [5, 5.41) is 0. The largest absolute Gasteiger partial charge is 0.417 e. The number of hydrogen-bond donors (Lipinski definition) is 0. The lowest BCUT2D eigenvalue weighted by Gasteiger charge is -2.23. The van der Waals surface area contributed by atoms with Crippen molar-refractivity contribution in [2.45, 2.75) is 30.3 Å². The minimum absolute atomic E-state index is 0.177. The van der Waals surface area contributed by atoms with Gasteiger partial charge < -0.3 is 9.80 Å². The number of nitrogens with zero attached hydrogens (tertiary/aromatic N) is 4. The third kappa shape index (κ3) is 5.14. The van der Waals surface area contributed by atoms with Crippen molar-refractivity contribution in [1.29, 1.82) is 0 Å². The Labute approximate surface area is 190 Å². The number of rotatable bonds is 4. The highest BCUT2D eigenvalue weighted by molar-refractivity contribution is 7.89. The molecule has 1 aromatic carbocycles. The molecular weight excluding hydrogens is 457 g/mol. The maximum absolute atomic E-state index is 13.0. The Balaban J connectivity index is 1.40. The molecule has 0 bridgehead atoms. The first-order valence-corrected chi connectivity index (χ1v) is 12.3. The Morgan fingerprint density at radius 3 is 2.15 bits per heavy atom. The second kappa shape index (κ2) is 9.30. The third-order valence-corrected chi connectivity index (χ3v) is 7.90. The van der Waals surface area contributed by atoms with E-state index in [0.29, 0.717) is 57.1 Å². The second-order valence-electron chi connectivity index (χ2n) is 8.17. The van der Waals surface area contributed by atoms with Crippen LogP contribution in [0, 0.1) is 0 Å². The molecule has 178 valence electrons. The van der Waals surface area contributed by atoms with Crippen molar-refractivity contribution in [3.8, 4) is 0 Å². The number of carbonyl (C=O) groups excluding carboxylic acids is 1. The van der Waals surface area contributed by atoms with Crippen LogP contribution in [-0.2, 0) is 16.2 Å². The average Bonchev–Trinajstić information content (AvgIpc) is 3.24. The number of halogens is 3. The molecule has 3 heterocycles. The number of pyridine rings is 1. The minimum Gasteiger partial charge on any atom is -0.355 e. The van der Waals surface area contributed by atoms with Crippen molar-refractivity contribution in [1.82, 2.24) is 14.2 Å². The van der Waals surface area contributed by atoms with Crippen LogP contribution < -0.4 is 4.90 Å². The molecule has 33 heavy (non-hydrogen) atoms. The van der Waals surface area contributed by atoms with Gasteiger partial charge in [-0.25, -0.2) is 13.4 Å². The molecule has 2 aliphatic rings. The number of anilines is 1. The van der Waals surface area contributed by atoms with E-state index in [9.17, 15) is 26.4 Å². The summed E-state index contributed by atoms with van der Waals surface area (Å²) >= 11 is 0. The molecule has 11 heteroatoms. The van der Waals surface area contributed by atoms with E-state index in [2.05, 4.69) is 4.98 Å². The zero-order valence-corrected chi connectivity index (χ0v) is 18.8. The van der Waals surface area contributed by atoms with Crippen LogP contribution in [-0.4, -0.2) is 67.8 Å². The first-order chi connectivity index (χ1) is 15.7. The van der Waals surface area contributed by atoms with Gasteiger partial charge in [0.1, 0.15) is 5.82 Å². The summed E-state index contributed by atoms with van der Waals surface area (Å²) in [6.07, 6.45) is -1.28. The number of benzene rings is 1. The van der Waals surface area contributed by atoms with E-state index in [4.69, 9.17) is 0 Å². The van der Waals surface area contributed by atoms with Gasteiger partial charge in [0, 0.05) is 51.0 Å². The van der Waals surface area contributed by atoms with Gasteiger partial charge in [-0.05, 0) is 55.7 Å². The number of carbonyl (C=O) groups is 1. The lowest BCUT2D eigenvalue weighted by Crippen LogP contribution is -2.35. The topological polar surface area (TPSA) is 73.8 Å². The molecule has 0 saturated carbocycles. The molecule has 2 saturated heterocycles. The molecule has 4 rings (SSSR count). The smallest absolute Gasteiger partial charge is 0.355 e. The van der Waals surface area contributed by atoms with Crippen molar-refractivity contribution in [3.63, 3.8) is 0 Å². The summed E-state index contributed by atoms with van der Waals surface area (Å²) < 4.78 is 65.1. The molecule has 2 aliphatic heterocycles. The highest BCUT2D eigenvalue weighted by atomic mass is 32.2. The van der Waals surface area contributed by atoms with E-state index >= 15 is 0 Å². The molecule has 0 atom stereocenters. The van der Waals surface area contributed by atoms with Gasteiger partial charge in [-0.15, -0.1) is 0 Å². The average molecular weight is 483 g/mol. The number of alkyl halides is 3. The Hall–Kier alpha value is -2.66. The molecule has 0 aliphatic carbocycles. The van der Waals surface area contributed by atoms with Crippen molar-refractivity contribution in [2.24, 2.45) is 0 Å². The fourth-order valence-corrected chi connectivity index (χ4v) is 5.64. The number of amides is 1. The zero-order chi connectivity index (χ0) is 23.6. The molecule has 2 aromatic rings. The van der Waals surface area contributed by atoms with Crippen LogP contribution in [0.2, 0.25) is 0 Å². The van der Waals surface area contributed by atoms with Crippen LogP contribution in [0.1, 0.15) is 35.2 Å². The van der Waals surface area contributed by atoms with Crippen LogP contribution in [0.25, 0.3) is 0 Å². The monoisotopic (exact) mass is 482 g/mol. The second-order valence-corrected chi connectivity index (χ2v) is 10.1. The van der Waals surface area contributed by atoms with E-state index in [1.807, 2.05) is 4.90 Å². The van der Waals surface area contributed by atoms with Gasteiger partial charge in [-0.2, -0.15) is 17.5 Å². The summed E-state index contributed by atoms with van der Waals surface area (Å²) in [5.74, 6) is 0.233. The van der Waals surface area contributed by atoms with Crippen LogP contribution in [0.5, 0.6) is 0 Å². The Bertz CT molecular complexity index is 1080. The van der Waals surface area contributed by atoms with Gasteiger partial charge in [0.25, 0.3) is 5.91 Å². The molecule has 0 spiro atoms. The SMILES string of the molecule is O=C(c1ccc(S(=O)(=O)N2CCCC2)cc1)N1CCCN(c2ccc(C(F)(F)F)cn2)CC1. The molecule has 0 N–H and O–H groups in total. The highest BCUT2D eigenvalue weighted by Gasteiger charge is 2.31. The molecular formula is C22H25F3N4O3S. The molecule has 1 amide bonds. The van der Waals surface area contributed by atoms with Gasteiger partial charge in [-0.1, -0.05) is 0 Å².